The summed E-state index contributed by atoms with van der Waals surface area (Å²) >= 11 is 5.79. The van der Waals surface area contributed by atoms with Gasteiger partial charge in [0.05, 0.1) is 11.3 Å². The second-order valence-corrected chi connectivity index (χ2v) is 3.38. The van der Waals surface area contributed by atoms with E-state index in [1.807, 2.05) is 18.0 Å². The van der Waals surface area contributed by atoms with Crippen LogP contribution in [0.15, 0.2) is 30.9 Å². The quantitative estimate of drug-likeness (QED) is 0.712. The molecule has 14 heavy (non-hydrogen) atoms. The van der Waals surface area contributed by atoms with Gasteiger partial charge in [-0.3, -0.25) is 0 Å². The topological polar surface area (TPSA) is 27.0 Å². The summed E-state index contributed by atoms with van der Waals surface area (Å²) in [6, 6.07) is 7.39. The zero-order valence-electron chi connectivity index (χ0n) is 8.00. The molecule has 1 rings (SSSR count). The average Bonchev–Trinajstić information content (AvgIpc) is 2.17. The molecular formula is C11H11ClN2. The van der Waals surface area contributed by atoms with Crippen molar-refractivity contribution in [2.45, 2.75) is 0 Å². The fourth-order valence-electron chi connectivity index (χ4n) is 1.22. The highest BCUT2D eigenvalue weighted by Gasteiger charge is 2.05. The fourth-order valence-corrected chi connectivity index (χ4v) is 1.39. The Morgan fingerprint density at radius 3 is 2.93 bits per heavy atom. The highest BCUT2D eigenvalue weighted by molar-refractivity contribution is 6.30. The van der Waals surface area contributed by atoms with Gasteiger partial charge in [0.15, 0.2) is 0 Å². The SMILES string of the molecule is C=CCN(C)c1ccc(Cl)cc1C#N. The molecule has 0 spiro atoms. The molecule has 0 fully saturated rings. The summed E-state index contributed by atoms with van der Waals surface area (Å²) in [4.78, 5) is 1.95. The number of hydrogen-bond acceptors (Lipinski definition) is 2. The van der Waals surface area contributed by atoms with Gasteiger partial charge in [-0.1, -0.05) is 17.7 Å². The Kier molecular flexibility index (Phi) is 3.55. The molecule has 2 nitrogen and oxygen atoms in total. The van der Waals surface area contributed by atoms with E-state index in [2.05, 4.69) is 12.6 Å². The van der Waals surface area contributed by atoms with E-state index in [4.69, 9.17) is 16.9 Å². The van der Waals surface area contributed by atoms with E-state index in [1.54, 1.807) is 18.2 Å². The van der Waals surface area contributed by atoms with Gasteiger partial charge in [0, 0.05) is 18.6 Å². The maximum atomic E-state index is 8.90. The van der Waals surface area contributed by atoms with Crippen LogP contribution < -0.4 is 4.90 Å². The molecule has 0 aliphatic carbocycles. The zero-order chi connectivity index (χ0) is 10.6. The number of benzene rings is 1. The molecule has 1 aromatic carbocycles. The van der Waals surface area contributed by atoms with Crippen LogP contribution in [0.1, 0.15) is 5.56 Å². The summed E-state index contributed by atoms with van der Waals surface area (Å²) in [6.07, 6.45) is 1.79. The second kappa shape index (κ2) is 4.69. The van der Waals surface area contributed by atoms with Gasteiger partial charge in [-0.2, -0.15) is 5.26 Å². The molecular weight excluding hydrogens is 196 g/mol. The van der Waals surface area contributed by atoms with Gasteiger partial charge < -0.3 is 4.90 Å². The number of rotatable bonds is 3. The molecule has 3 heteroatoms. The van der Waals surface area contributed by atoms with Crippen molar-refractivity contribution in [1.82, 2.24) is 0 Å². The number of nitrogens with zero attached hydrogens (tertiary/aromatic N) is 2. The van der Waals surface area contributed by atoms with Crippen LogP contribution in [-0.4, -0.2) is 13.6 Å². The van der Waals surface area contributed by atoms with Crippen LogP contribution in [0.4, 0.5) is 5.69 Å². The molecule has 0 aromatic heterocycles. The summed E-state index contributed by atoms with van der Waals surface area (Å²) in [6.45, 7) is 4.35. The Bertz CT molecular complexity index is 379. The Morgan fingerprint density at radius 1 is 1.64 bits per heavy atom. The molecule has 0 N–H and O–H groups in total. The third kappa shape index (κ3) is 2.27. The Labute approximate surface area is 89.0 Å². The molecule has 0 heterocycles. The van der Waals surface area contributed by atoms with Gasteiger partial charge in [0.25, 0.3) is 0 Å². The fraction of sp³-hybridized carbons (Fsp3) is 0.182. The van der Waals surface area contributed by atoms with E-state index in [-0.39, 0.29) is 0 Å². The van der Waals surface area contributed by atoms with Gasteiger partial charge in [0.2, 0.25) is 0 Å². The highest BCUT2D eigenvalue weighted by atomic mass is 35.5. The van der Waals surface area contributed by atoms with Gasteiger partial charge >= 0.3 is 0 Å². The van der Waals surface area contributed by atoms with Gasteiger partial charge in [-0.05, 0) is 18.2 Å². The Balaban J connectivity index is 3.08. The van der Waals surface area contributed by atoms with Gasteiger partial charge in [0.1, 0.15) is 6.07 Å². The molecule has 0 saturated carbocycles. The van der Waals surface area contributed by atoms with Crippen molar-refractivity contribution in [3.63, 3.8) is 0 Å². The van der Waals surface area contributed by atoms with E-state index < -0.39 is 0 Å². The molecule has 72 valence electrons. The van der Waals surface area contributed by atoms with Crippen molar-refractivity contribution in [3.05, 3.63) is 41.4 Å². The van der Waals surface area contributed by atoms with Crippen LogP contribution in [0.25, 0.3) is 0 Å². The molecule has 0 aliphatic heterocycles. The lowest BCUT2D eigenvalue weighted by Gasteiger charge is -2.18. The predicted octanol–water partition coefficient (Wildman–Crippen LogP) is 2.83. The standard InChI is InChI=1S/C11H11ClN2/c1-3-6-14(2)11-5-4-10(12)7-9(11)8-13/h3-5,7H,1,6H2,2H3. The first-order chi connectivity index (χ1) is 6.69. The molecule has 1 aromatic rings. The minimum atomic E-state index is 0.581. The largest absolute Gasteiger partial charge is 0.370 e. The minimum absolute atomic E-state index is 0.581. The molecule has 0 atom stereocenters. The monoisotopic (exact) mass is 206 g/mol. The van der Waals surface area contributed by atoms with E-state index in [9.17, 15) is 0 Å². The number of anilines is 1. The molecule has 0 saturated heterocycles. The van der Waals surface area contributed by atoms with Crippen molar-refractivity contribution in [2.75, 3.05) is 18.5 Å². The van der Waals surface area contributed by atoms with Crippen molar-refractivity contribution >= 4 is 17.3 Å². The molecule has 0 bridgehead atoms. The zero-order valence-corrected chi connectivity index (χ0v) is 8.75. The van der Waals surface area contributed by atoms with E-state index in [0.717, 1.165) is 5.69 Å². The van der Waals surface area contributed by atoms with Crippen LogP contribution >= 0.6 is 11.6 Å². The minimum Gasteiger partial charge on any atom is -0.370 e. The molecule has 0 aliphatic rings. The lowest BCUT2D eigenvalue weighted by Crippen LogP contribution is -2.17. The van der Waals surface area contributed by atoms with Crippen LogP contribution in [0.3, 0.4) is 0 Å². The first-order valence-corrected chi connectivity index (χ1v) is 4.58. The second-order valence-electron chi connectivity index (χ2n) is 2.94. The van der Waals surface area contributed by atoms with Crippen LogP contribution in [-0.2, 0) is 0 Å². The van der Waals surface area contributed by atoms with Crippen molar-refractivity contribution in [3.8, 4) is 6.07 Å². The summed E-state index contributed by atoms with van der Waals surface area (Å²) < 4.78 is 0. The maximum absolute atomic E-state index is 8.90. The molecule has 0 amide bonds. The van der Waals surface area contributed by atoms with Crippen molar-refractivity contribution in [2.24, 2.45) is 0 Å². The van der Waals surface area contributed by atoms with Crippen LogP contribution in [0, 0.1) is 11.3 Å². The first kappa shape index (κ1) is 10.6. The summed E-state index contributed by atoms with van der Waals surface area (Å²) in [5.74, 6) is 0. The molecule has 0 radical (unpaired) electrons. The smallest absolute Gasteiger partial charge is 0.101 e. The lowest BCUT2D eigenvalue weighted by atomic mass is 10.2. The lowest BCUT2D eigenvalue weighted by molar-refractivity contribution is 1.03. The number of halogens is 1. The summed E-state index contributed by atoms with van der Waals surface area (Å²) in [7, 11) is 1.91. The normalized spacial score (nSPS) is 9.21. The van der Waals surface area contributed by atoms with E-state index >= 15 is 0 Å². The Morgan fingerprint density at radius 2 is 2.36 bits per heavy atom. The number of nitriles is 1. The van der Waals surface area contributed by atoms with Crippen molar-refractivity contribution < 1.29 is 0 Å². The predicted molar refractivity (Wildman–Crippen MR) is 59.6 cm³/mol. The summed E-state index contributed by atoms with van der Waals surface area (Å²) in [5.41, 5.74) is 1.46. The van der Waals surface area contributed by atoms with E-state index in [1.165, 1.54) is 0 Å². The van der Waals surface area contributed by atoms with Crippen LogP contribution in [0.2, 0.25) is 5.02 Å². The van der Waals surface area contributed by atoms with E-state index in [0.29, 0.717) is 17.1 Å². The summed E-state index contributed by atoms with van der Waals surface area (Å²) in [5, 5.41) is 9.48. The average molecular weight is 207 g/mol. The third-order valence-corrected chi connectivity index (χ3v) is 2.13. The number of likely N-dealkylation sites (N-methyl/N-ethyl adjacent to an activating group) is 1. The highest BCUT2D eigenvalue weighted by Crippen LogP contribution is 2.22. The van der Waals surface area contributed by atoms with Crippen LogP contribution in [0.5, 0.6) is 0 Å². The molecule has 0 unspecified atom stereocenters. The third-order valence-electron chi connectivity index (χ3n) is 1.89. The Hall–Kier alpha value is -1.46. The van der Waals surface area contributed by atoms with Gasteiger partial charge in [-0.15, -0.1) is 6.58 Å². The van der Waals surface area contributed by atoms with Gasteiger partial charge in [-0.25, -0.2) is 0 Å². The number of hydrogen-bond donors (Lipinski definition) is 0. The van der Waals surface area contributed by atoms with Crippen molar-refractivity contribution in [1.29, 1.82) is 5.26 Å². The maximum Gasteiger partial charge on any atom is 0.101 e. The first-order valence-electron chi connectivity index (χ1n) is 4.20.